The maximum atomic E-state index is 12.6. The third-order valence-corrected chi connectivity index (χ3v) is 5.04. The fraction of sp³-hybridized carbons (Fsp3) is 0.650. The van der Waals surface area contributed by atoms with Gasteiger partial charge in [0.15, 0.2) is 0 Å². The minimum Gasteiger partial charge on any atom is -0.342 e. The van der Waals surface area contributed by atoms with E-state index in [4.69, 9.17) is 0 Å². The van der Waals surface area contributed by atoms with Gasteiger partial charge < -0.3 is 4.90 Å². The van der Waals surface area contributed by atoms with Crippen molar-refractivity contribution in [3.8, 4) is 0 Å². The molecule has 1 aliphatic heterocycles. The van der Waals surface area contributed by atoms with Crippen molar-refractivity contribution in [3.05, 3.63) is 35.9 Å². The lowest BCUT2D eigenvalue weighted by molar-refractivity contribution is -0.137. The summed E-state index contributed by atoms with van der Waals surface area (Å²) in [6.45, 7) is 6.27. The highest BCUT2D eigenvalue weighted by atomic mass is 16.2. The van der Waals surface area contributed by atoms with Crippen LogP contribution in [-0.2, 0) is 11.2 Å². The first kappa shape index (κ1) is 17.1. The van der Waals surface area contributed by atoms with Gasteiger partial charge in [-0.05, 0) is 43.6 Å². The number of unbranched alkanes of at least 4 members (excludes halogenated alkanes) is 1. The lowest BCUT2D eigenvalue weighted by atomic mass is 9.89. The summed E-state index contributed by atoms with van der Waals surface area (Å²) in [5.41, 5.74) is 1.43. The summed E-state index contributed by atoms with van der Waals surface area (Å²) in [5.74, 6) is 1.40. The molecule has 1 saturated heterocycles. The van der Waals surface area contributed by atoms with Gasteiger partial charge >= 0.3 is 0 Å². The van der Waals surface area contributed by atoms with E-state index in [-0.39, 0.29) is 5.92 Å². The zero-order chi connectivity index (χ0) is 15.8. The van der Waals surface area contributed by atoms with Crippen molar-refractivity contribution in [2.45, 2.75) is 58.8 Å². The highest BCUT2D eigenvalue weighted by Gasteiger charge is 2.26. The second-order valence-corrected chi connectivity index (χ2v) is 6.71. The number of carbonyl (C=O) groups excluding carboxylic acids is 1. The molecule has 0 N–H and O–H groups in total. The van der Waals surface area contributed by atoms with E-state index < -0.39 is 0 Å². The van der Waals surface area contributed by atoms with Gasteiger partial charge in [-0.2, -0.15) is 0 Å². The van der Waals surface area contributed by atoms with Crippen LogP contribution < -0.4 is 0 Å². The maximum Gasteiger partial charge on any atom is 0.225 e. The van der Waals surface area contributed by atoms with Crippen molar-refractivity contribution in [2.24, 2.45) is 11.8 Å². The Labute approximate surface area is 135 Å². The minimum absolute atomic E-state index is 0.255. The quantitative estimate of drug-likeness (QED) is 0.716. The molecule has 2 nitrogen and oxygen atoms in total. The van der Waals surface area contributed by atoms with Gasteiger partial charge in [-0.15, -0.1) is 0 Å². The van der Waals surface area contributed by atoms with E-state index in [0.717, 1.165) is 51.1 Å². The first-order valence-corrected chi connectivity index (χ1v) is 9.07. The van der Waals surface area contributed by atoms with Crippen molar-refractivity contribution in [3.63, 3.8) is 0 Å². The second-order valence-electron chi connectivity index (χ2n) is 6.71. The van der Waals surface area contributed by atoms with Gasteiger partial charge in [-0.25, -0.2) is 0 Å². The first-order valence-electron chi connectivity index (χ1n) is 9.07. The van der Waals surface area contributed by atoms with E-state index in [9.17, 15) is 4.79 Å². The molecular weight excluding hydrogens is 270 g/mol. The molecule has 2 heteroatoms. The summed E-state index contributed by atoms with van der Waals surface area (Å²) in [6.07, 6.45) is 7.89. The Morgan fingerprint density at radius 1 is 1.18 bits per heavy atom. The summed E-state index contributed by atoms with van der Waals surface area (Å²) in [5, 5.41) is 0. The van der Waals surface area contributed by atoms with Crippen molar-refractivity contribution >= 4 is 5.91 Å². The number of nitrogens with zero attached hydrogens (tertiary/aromatic N) is 1. The Morgan fingerprint density at radius 2 is 1.86 bits per heavy atom. The van der Waals surface area contributed by atoms with Crippen LogP contribution in [0.5, 0.6) is 0 Å². The van der Waals surface area contributed by atoms with Gasteiger partial charge in [0.2, 0.25) is 5.91 Å². The van der Waals surface area contributed by atoms with Crippen LogP contribution in [0, 0.1) is 11.8 Å². The fourth-order valence-electron chi connectivity index (χ4n) is 3.52. The minimum atomic E-state index is 0.255. The zero-order valence-electron chi connectivity index (χ0n) is 14.3. The highest BCUT2D eigenvalue weighted by Crippen LogP contribution is 2.24. The average molecular weight is 301 g/mol. The molecule has 0 aliphatic carbocycles. The first-order chi connectivity index (χ1) is 10.7. The predicted octanol–water partition coefficient (Wildman–Crippen LogP) is 4.68. The smallest absolute Gasteiger partial charge is 0.225 e. The number of piperidine rings is 1. The Kier molecular flexibility index (Phi) is 6.95. The highest BCUT2D eigenvalue weighted by molar-refractivity contribution is 5.78. The van der Waals surface area contributed by atoms with Crippen LogP contribution in [0.3, 0.4) is 0 Å². The van der Waals surface area contributed by atoms with Gasteiger partial charge in [0, 0.05) is 19.0 Å². The number of carbonyl (C=O) groups is 1. The number of hydrogen-bond acceptors (Lipinski definition) is 1. The van der Waals surface area contributed by atoms with Crippen LogP contribution in [0.4, 0.5) is 0 Å². The lowest BCUT2D eigenvalue weighted by Gasteiger charge is -2.34. The maximum absolute atomic E-state index is 12.6. The molecule has 0 bridgehead atoms. The van der Waals surface area contributed by atoms with Crippen molar-refractivity contribution < 1.29 is 4.79 Å². The SMILES string of the molecule is CCCC[C@@H](CC)C(=O)N1CCC(Cc2ccccc2)CC1. The zero-order valence-corrected chi connectivity index (χ0v) is 14.3. The summed E-state index contributed by atoms with van der Waals surface area (Å²) < 4.78 is 0. The molecule has 0 unspecified atom stereocenters. The van der Waals surface area contributed by atoms with E-state index in [1.165, 1.54) is 18.4 Å². The van der Waals surface area contributed by atoms with Crippen LogP contribution >= 0.6 is 0 Å². The van der Waals surface area contributed by atoms with Crippen LogP contribution in [0.1, 0.15) is 57.9 Å². The fourth-order valence-corrected chi connectivity index (χ4v) is 3.52. The van der Waals surface area contributed by atoms with Crippen LogP contribution in [0.2, 0.25) is 0 Å². The molecule has 1 atom stereocenters. The Bertz CT molecular complexity index is 434. The van der Waals surface area contributed by atoms with Crippen molar-refractivity contribution in [2.75, 3.05) is 13.1 Å². The van der Waals surface area contributed by atoms with Gasteiger partial charge in [0.1, 0.15) is 0 Å². The Morgan fingerprint density at radius 3 is 2.45 bits per heavy atom. The molecule has 1 fully saturated rings. The third kappa shape index (κ3) is 4.86. The molecule has 1 aromatic carbocycles. The lowest BCUT2D eigenvalue weighted by Crippen LogP contribution is -2.42. The normalized spacial score (nSPS) is 17.5. The van der Waals surface area contributed by atoms with Crippen LogP contribution in [0.25, 0.3) is 0 Å². The molecule has 122 valence electrons. The number of rotatable bonds is 7. The van der Waals surface area contributed by atoms with E-state index >= 15 is 0 Å². The molecule has 22 heavy (non-hydrogen) atoms. The van der Waals surface area contributed by atoms with Crippen LogP contribution in [0.15, 0.2) is 30.3 Å². The molecular formula is C20H31NO. The molecule has 1 aromatic rings. The van der Waals surface area contributed by atoms with E-state index in [0.29, 0.717) is 5.91 Å². The van der Waals surface area contributed by atoms with Crippen LogP contribution in [-0.4, -0.2) is 23.9 Å². The number of hydrogen-bond donors (Lipinski definition) is 0. The predicted molar refractivity (Wildman–Crippen MR) is 92.8 cm³/mol. The number of likely N-dealkylation sites (tertiary alicyclic amines) is 1. The molecule has 1 amide bonds. The standard InChI is InChI=1S/C20H31NO/c1-3-5-11-19(4-2)20(22)21-14-12-18(13-15-21)16-17-9-7-6-8-10-17/h6-10,18-19H,3-5,11-16H2,1-2H3/t19-/m1/s1. The van der Waals surface area contributed by atoms with E-state index in [2.05, 4.69) is 49.1 Å². The Hall–Kier alpha value is -1.31. The summed E-state index contributed by atoms with van der Waals surface area (Å²) in [4.78, 5) is 14.8. The average Bonchev–Trinajstić information content (AvgIpc) is 2.57. The van der Waals surface area contributed by atoms with Crippen molar-refractivity contribution in [1.29, 1.82) is 0 Å². The summed E-state index contributed by atoms with van der Waals surface area (Å²) >= 11 is 0. The van der Waals surface area contributed by atoms with Crippen molar-refractivity contribution in [1.82, 2.24) is 4.90 Å². The molecule has 1 aliphatic rings. The van der Waals surface area contributed by atoms with E-state index in [1.54, 1.807) is 0 Å². The van der Waals surface area contributed by atoms with Gasteiger partial charge in [-0.3, -0.25) is 4.79 Å². The second kappa shape index (κ2) is 8.97. The molecule has 0 radical (unpaired) electrons. The van der Waals surface area contributed by atoms with Gasteiger partial charge in [-0.1, -0.05) is 57.0 Å². The molecule has 1 heterocycles. The Balaban J connectivity index is 1.79. The van der Waals surface area contributed by atoms with Gasteiger partial charge in [0.25, 0.3) is 0 Å². The molecule has 0 saturated carbocycles. The largest absolute Gasteiger partial charge is 0.342 e. The summed E-state index contributed by atoms with van der Waals surface area (Å²) in [6, 6.07) is 10.7. The summed E-state index contributed by atoms with van der Waals surface area (Å²) in [7, 11) is 0. The third-order valence-electron chi connectivity index (χ3n) is 5.04. The van der Waals surface area contributed by atoms with Gasteiger partial charge in [0.05, 0.1) is 0 Å². The molecule has 2 rings (SSSR count). The van der Waals surface area contributed by atoms with E-state index in [1.807, 2.05) is 0 Å². The number of benzene rings is 1. The molecule has 0 aromatic heterocycles. The monoisotopic (exact) mass is 301 g/mol. The number of amides is 1. The topological polar surface area (TPSA) is 20.3 Å². The molecule has 0 spiro atoms.